The maximum Gasteiger partial charge on any atom is 0.224 e. The predicted molar refractivity (Wildman–Crippen MR) is 66.8 cm³/mol. The Kier molecular flexibility index (Phi) is 4.82. The summed E-state index contributed by atoms with van der Waals surface area (Å²) in [4.78, 5) is 11.5. The highest BCUT2D eigenvalue weighted by Crippen LogP contribution is 2.21. The summed E-state index contributed by atoms with van der Waals surface area (Å²) in [5.74, 6) is 0.644. The number of anilines is 1. The van der Waals surface area contributed by atoms with E-state index in [1.165, 1.54) is 0 Å². The third kappa shape index (κ3) is 4.47. The minimum atomic E-state index is 0.0793. The number of amides is 1. The molecule has 1 aromatic rings. The van der Waals surface area contributed by atoms with Gasteiger partial charge in [0.1, 0.15) is 0 Å². The van der Waals surface area contributed by atoms with Gasteiger partial charge >= 0.3 is 0 Å². The molecular formula is C12H16BrNO. The predicted octanol–water partition coefficient (Wildman–Crippen LogP) is 3.82. The highest BCUT2D eigenvalue weighted by molar-refractivity contribution is 9.10. The van der Waals surface area contributed by atoms with Crippen molar-refractivity contribution < 1.29 is 4.79 Å². The van der Waals surface area contributed by atoms with Crippen LogP contribution in [-0.2, 0) is 4.79 Å². The standard InChI is InChI=1S/C12H16BrNO/c1-9(2)7-8-12(15)14-11-6-4-3-5-10(11)13/h3-6,9H,7-8H2,1-2H3,(H,14,15). The summed E-state index contributed by atoms with van der Waals surface area (Å²) in [7, 11) is 0. The van der Waals surface area contributed by atoms with Crippen LogP contribution in [0.25, 0.3) is 0 Å². The lowest BCUT2D eigenvalue weighted by Gasteiger charge is -2.08. The molecule has 1 amide bonds. The Labute approximate surface area is 99.2 Å². The van der Waals surface area contributed by atoms with Crippen LogP contribution < -0.4 is 5.32 Å². The summed E-state index contributed by atoms with van der Waals surface area (Å²) in [5, 5.41) is 2.88. The lowest BCUT2D eigenvalue weighted by Crippen LogP contribution is -2.12. The molecule has 3 heteroatoms. The van der Waals surface area contributed by atoms with Gasteiger partial charge in [0.15, 0.2) is 0 Å². The van der Waals surface area contributed by atoms with Crippen molar-refractivity contribution in [2.45, 2.75) is 26.7 Å². The number of nitrogens with one attached hydrogen (secondary N) is 1. The third-order valence-electron chi connectivity index (χ3n) is 2.10. The van der Waals surface area contributed by atoms with E-state index in [0.717, 1.165) is 16.6 Å². The molecule has 15 heavy (non-hydrogen) atoms. The van der Waals surface area contributed by atoms with Crippen LogP contribution in [0.1, 0.15) is 26.7 Å². The van der Waals surface area contributed by atoms with E-state index >= 15 is 0 Å². The Morgan fingerprint density at radius 3 is 2.67 bits per heavy atom. The summed E-state index contributed by atoms with van der Waals surface area (Å²) in [6, 6.07) is 7.63. The minimum Gasteiger partial charge on any atom is -0.325 e. The number of carbonyl (C=O) groups is 1. The minimum absolute atomic E-state index is 0.0793. The van der Waals surface area contributed by atoms with Crippen molar-refractivity contribution in [3.05, 3.63) is 28.7 Å². The topological polar surface area (TPSA) is 29.1 Å². The van der Waals surface area contributed by atoms with E-state index in [-0.39, 0.29) is 5.91 Å². The fraction of sp³-hybridized carbons (Fsp3) is 0.417. The number of para-hydroxylation sites is 1. The molecule has 0 saturated heterocycles. The Balaban J connectivity index is 2.48. The molecule has 0 aliphatic carbocycles. The fourth-order valence-electron chi connectivity index (χ4n) is 1.20. The van der Waals surface area contributed by atoms with Gasteiger partial charge in [-0.25, -0.2) is 0 Å². The summed E-state index contributed by atoms with van der Waals surface area (Å²) >= 11 is 3.39. The van der Waals surface area contributed by atoms with Gasteiger partial charge < -0.3 is 5.32 Å². The lowest BCUT2D eigenvalue weighted by atomic mass is 10.1. The molecule has 0 heterocycles. The Morgan fingerprint density at radius 1 is 1.40 bits per heavy atom. The maximum atomic E-state index is 11.5. The first-order valence-corrected chi connectivity index (χ1v) is 5.93. The summed E-state index contributed by atoms with van der Waals surface area (Å²) in [6.07, 6.45) is 1.51. The van der Waals surface area contributed by atoms with Crippen molar-refractivity contribution in [2.75, 3.05) is 5.32 Å². The van der Waals surface area contributed by atoms with Crippen LogP contribution in [0.2, 0.25) is 0 Å². The number of rotatable bonds is 4. The van der Waals surface area contributed by atoms with Gasteiger partial charge in [-0.05, 0) is 40.4 Å². The van der Waals surface area contributed by atoms with Gasteiger partial charge in [0.25, 0.3) is 0 Å². The van der Waals surface area contributed by atoms with Crippen molar-refractivity contribution in [2.24, 2.45) is 5.92 Å². The zero-order chi connectivity index (χ0) is 11.3. The van der Waals surface area contributed by atoms with Gasteiger partial charge in [0, 0.05) is 10.9 Å². The van der Waals surface area contributed by atoms with Gasteiger partial charge in [0.05, 0.1) is 5.69 Å². The van der Waals surface area contributed by atoms with Crippen molar-refractivity contribution >= 4 is 27.5 Å². The maximum absolute atomic E-state index is 11.5. The van der Waals surface area contributed by atoms with Crippen LogP contribution >= 0.6 is 15.9 Å². The number of benzene rings is 1. The van der Waals surface area contributed by atoms with Crippen molar-refractivity contribution in [3.8, 4) is 0 Å². The molecule has 0 bridgehead atoms. The molecule has 0 aliphatic rings. The molecule has 1 rings (SSSR count). The average molecular weight is 270 g/mol. The normalized spacial score (nSPS) is 10.4. The van der Waals surface area contributed by atoms with E-state index in [9.17, 15) is 4.79 Å². The third-order valence-corrected chi connectivity index (χ3v) is 2.79. The van der Waals surface area contributed by atoms with Crippen LogP contribution in [0, 0.1) is 5.92 Å². The molecule has 0 radical (unpaired) electrons. The number of carbonyl (C=O) groups excluding carboxylic acids is 1. The van der Waals surface area contributed by atoms with Crippen LogP contribution in [-0.4, -0.2) is 5.91 Å². The van der Waals surface area contributed by atoms with Crippen molar-refractivity contribution in [3.63, 3.8) is 0 Å². The second kappa shape index (κ2) is 5.91. The first-order valence-electron chi connectivity index (χ1n) is 5.14. The van der Waals surface area contributed by atoms with Gasteiger partial charge in [-0.15, -0.1) is 0 Å². The average Bonchev–Trinajstić information content (AvgIpc) is 2.18. The summed E-state index contributed by atoms with van der Waals surface area (Å²) < 4.78 is 0.919. The number of hydrogen-bond donors (Lipinski definition) is 1. The first kappa shape index (κ1) is 12.2. The van der Waals surface area contributed by atoms with Gasteiger partial charge in [-0.1, -0.05) is 26.0 Å². The zero-order valence-electron chi connectivity index (χ0n) is 9.09. The van der Waals surface area contributed by atoms with E-state index in [1.807, 2.05) is 24.3 Å². The lowest BCUT2D eigenvalue weighted by molar-refractivity contribution is -0.116. The Hall–Kier alpha value is -0.830. The van der Waals surface area contributed by atoms with E-state index in [0.29, 0.717) is 12.3 Å². The van der Waals surface area contributed by atoms with Crippen LogP contribution in [0.15, 0.2) is 28.7 Å². The van der Waals surface area contributed by atoms with Crippen molar-refractivity contribution in [1.82, 2.24) is 0 Å². The smallest absolute Gasteiger partial charge is 0.224 e. The molecule has 0 unspecified atom stereocenters. The highest BCUT2D eigenvalue weighted by Gasteiger charge is 2.05. The first-order chi connectivity index (χ1) is 7.09. The molecule has 0 saturated carbocycles. The van der Waals surface area contributed by atoms with E-state index in [4.69, 9.17) is 0 Å². The molecule has 82 valence electrons. The molecule has 0 aromatic heterocycles. The quantitative estimate of drug-likeness (QED) is 0.885. The molecule has 0 fully saturated rings. The molecule has 0 spiro atoms. The second-order valence-electron chi connectivity index (χ2n) is 3.96. The number of halogens is 1. The monoisotopic (exact) mass is 269 g/mol. The van der Waals surface area contributed by atoms with Crippen LogP contribution in [0.4, 0.5) is 5.69 Å². The van der Waals surface area contributed by atoms with Gasteiger partial charge in [0.2, 0.25) is 5.91 Å². The van der Waals surface area contributed by atoms with Gasteiger partial charge in [-0.2, -0.15) is 0 Å². The van der Waals surface area contributed by atoms with E-state index in [1.54, 1.807) is 0 Å². The highest BCUT2D eigenvalue weighted by atomic mass is 79.9. The zero-order valence-corrected chi connectivity index (χ0v) is 10.7. The largest absolute Gasteiger partial charge is 0.325 e. The SMILES string of the molecule is CC(C)CCC(=O)Nc1ccccc1Br. The fourth-order valence-corrected chi connectivity index (χ4v) is 1.58. The Bertz CT molecular complexity index is 336. The molecular weight excluding hydrogens is 254 g/mol. The second-order valence-corrected chi connectivity index (χ2v) is 4.81. The number of hydrogen-bond acceptors (Lipinski definition) is 1. The molecule has 0 atom stereocenters. The van der Waals surface area contributed by atoms with Gasteiger partial charge in [-0.3, -0.25) is 4.79 Å². The van der Waals surface area contributed by atoms with E-state index < -0.39 is 0 Å². The van der Waals surface area contributed by atoms with E-state index in [2.05, 4.69) is 35.1 Å². The molecule has 1 N–H and O–H groups in total. The summed E-state index contributed by atoms with van der Waals surface area (Å²) in [5.41, 5.74) is 0.839. The molecule has 2 nitrogen and oxygen atoms in total. The molecule has 0 aliphatic heterocycles. The van der Waals surface area contributed by atoms with Crippen molar-refractivity contribution in [1.29, 1.82) is 0 Å². The van der Waals surface area contributed by atoms with Crippen LogP contribution in [0.3, 0.4) is 0 Å². The van der Waals surface area contributed by atoms with Crippen LogP contribution in [0.5, 0.6) is 0 Å². The Morgan fingerprint density at radius 2 is 2.07 bits per heavy atom. The molecule has 1 aromatic carbocycles. The summed E-state index contributed by atoms with van der Waals surface area (Å²) in [6.45, 7) is 4.23.